The number of anilines is 2. The van der Waals surface area contributed by atoms with E-state index in [4.69, 9.17) is 9.73 Å². The summed E-state index contributed by atoms with van der Waals surface area (Å²) in [6, 6.07) is 2.59. The van der Waals surface area contributed by atoms with Crippen molar-refractivity contribution in [3.05, 3.63) is 41.7 Å². The Morgan fingerprint density at radius 2 is 2.00 bits per heavy atom. The first-order valence-electron chi connectivity index (χ1n) is 11.3. The fraction of sp³-hybridized carbons (Fsp3) is 0.500. The molecule has 1 saturated carbocycles. The molecule has 3 atom stereocenters. The average Bonchev–Trinajstić information content (AvgIpc) is 3.43. The number of aromatic amines is 1. The summed E-state index contributed by atoms with van der Waals surface area (Å²) in [7, 11) is 0. The molecule has 3 heterocycles. The predicted molar refractivity (Wildman–Crippen MR) is 119 cm³/mol. The zero-order valence-electron chi connectivity index (χ0n) is 18.1. The maximum Gasteiger partial charge on any atom is 0.323 e. The molecule has 9 nitrogen and oxygen atoms in total. The van der Waals surface area contributed by atoms with Crippen molar-refractivity contribution in [3.8, 4) is 0 Å². The topological polar surface area (TPSA) is 107 Å². The molecule has 1 aromatic heterocycles. The van der Waals surface area contributed by atoms with Gasteiger partial charge in [-0.15, -0.1) is 0 Å². The minimum absolute atomic E-state index is 0.187. The van der Waals surface area contributed by atoms with Crippen LogP contribution < -0.4 is 16.0 Å². The number of urea groups is 1. The molecule has 11 heteroatoms. The number of benzene rings is 1. The van der Waals surface area contributed by atoms with Gasteiger partial charge in [-0.05, 0) is 37.3 Å². The van der Waals surface area contributed by atoms with Crippen molar-refractivity contribution in [3.63, 3.8) is 0 Å². The molecule has 3 unspecified atom stereocenters. The number of amidine groups is 1. The molecule has 0 radical (unpaired) electrons. The number of halogens is 2. The zero-order chi connectivity index (χ0) is 22.8. The van der Waals surface area contributed by atoms with Gasteiger partial charge in [0.05, 0.1) is 42.9 Å². The Hall–Kier alpha value is -3.05. The van der Waals surface area contributed by atoms with E-state index >= 15 is 0 Å². The smallest absolute Gasteiger partial charge is 0.323 e. The van der Waals surface area contributed by atoms with Crippen molar-refractivity contribution in [1.82, 2.24) is 20.4 Å². The molecule has 1 aliphatic carbocycles. The third-order valence-corrected chi connectivity index (χ3v) is 6.46. The van der Waals surface area contributed by atoms with Gasteiger partial charge < -0.3 is 20.7 Å². The highest BCUT2D eigenvalue weighted by Gasteiger charge is 2.37. The highest BCUT2D eigenvalue weighted by molar-refractivity contribution is 6.08. The van der Waals surface area contributed by atoms with Crippen LogP contribution in [-0.2, 0) is 4.74 Å². The normalized spacial score (nSPS) is 25.2. The summed E-state index contributed by atoms with van der Waals surface area (Å²) in [5.74, 6) is -0.106. The fourth-order valence-corrected chi connectivity index (χ4v) is 4.81. The molecular weight excluding hydrogens is 432 g/mol. The van der Waals surface area contributed by atoms with Gasteiger partial charge in [-0.2, -0.15) is 5.10 Å². The molecule has 3 aliphatic rings. The highest BCUT2D eigenvalue weighted by Crippen LogP contribution is 2.31. The number of carbonyl (C=O) groups is 1. The van der Waals surface area contributed by atoms with Gasteiger partial charge in [0.1, 0.15) is 23.2 Å². The maximum atomic E-state index is 13.8. The number of hydrogen-bond donors (Lipinski definition) is 4. The largest absolute Gasteiger partial charge is 0.379 e. The van der Waals surface area contributed by atoms with E-state index in [1.807, 2.05) is 0 Å². The van der Waals surface area contributed by atoms with Gasteiger partial charge in [0, 0.05) is 25.7 Å². The van der Waals surface area contributed by atoms with Crippen LogP contribution in [-0.4, -0.2) is 71.9 Å². The number of rotatable bonds is 5. The lowest BCUT2D eigenvalue weighted by atomic mass is 9.83. The molecule has 0 spiro atoms. The molecule has 0 bridgehead atoms. The molecule has 2 fully saturated rings. The SMILES string of the molecule is O=C(Nc1cc(F)ccc1F)Nc1cn[nH]c1C1=NC2CCC(CN3CCOCC3)CC2N1. The minimum Gasteiger partial charge on any atom is -0.379 e. The second kappa shape index (κ2) is 9.44. The number of nitrogens with zero attached hydrogens (tertiary/aromatic N) is 3. The summed E-state index contributed by atoms with van der Waals surface area (Å²) in [6.07, 6.45) is 4.63. The molecule has 2 amide bonds. The van der Waals surface area contributed by atoms with E-state index < -0.39 is 17.7 Å². The first-order valence-corrected chi connectivity index (χ1v) is 11.3. The third-order valence-electron chi connectivity index (χ3n) is 6.46. The van der Waals surface area contributed by atoms with Gasteiger partial charge in [-0.3, -0.25) is 15.0 Å². The van der Waals surface area contributed by atoms with Crippen LogP contribution in [0.15, 0.2) is 29.4 Å². The molecule has 4 N–H and O–H groups in total. The van der Waals surface area contributed by atoms with E-state index in [0.29, 0.717) is 23.1 Å². The van der Waals surface area contributed by atoms with Crippen molar-refractivity contribution in [2.24, 2.45) is 10.9 Å². The number of carbonyl (C=O) groups excluding carboxylic acids is 1. The van der Waals surface area contributed by atoms with E-state index in [1.165, 1.54) is 6.20 Å². The highest BCUT2D eigenvalue weighted by atomic mass is 19.1. The van der Waals surface area contributed by atoms with Crippen LogP contribution in [0, 0.1) is 17.6 Å². The predicted octanol–water partition coefficient (Wildman–Crippen LogP) is 2.55. The summed E-state index contributed by atoms with van der Waals surface area (Å²) >= 11 is 0. The number of ether oxygens (including phenoxy) is 1. The summed E-state index contributed by atoms with van der Waals surface area (Å²) in [5, 5.41) is 15.4. The standard InChI is InChI=1S/C22H27F2N7O2/c23-14-2-3-15(24)17(10-14)28-22(32)29-19-11-25-30-20(19)21-26-16-4-1-13(9-18(16)27-21)12-31-5-7-33-8-6-31/h2-3,10-11,13,16,18H,1,4-9,12H2,(H,25,30)(H,26,27)(H2,28,29,32). The van der Waals surface area contributed by atoms with Crippen LogP contribution in [0.3, 0.4) is 0 Å². The second-order valence-electron chi connectivity index (χ2n) is 8.75. The molecular formula is C22H27F2N7O2. The molecule has 1 saturated heterocycles. The minimum atomic E-state index is -0.725. The van der Waals surface area contributed by atoms with Gasteiger partial charge in [0.25, 0.3) is 0 Å². The average molecular weight is 460 g/mol. The van der Waals surface area contributed by atoms with Crippen molar-refractivity contribution in [1.29, 1.82) is 0 Å². The van der Waals surface area contributed by atoms with Crippen molar-refractivity contribution < 1.29 is 18.3 Å². The Bertz CT molecular complexity index is 1040. The van der Waals surface area contributed by atoms with Gasteiger partial charge in [0.15, 0.2) is 0 Å². The van der Waals surface area contributed by atoms with E-state index in [9.17, 15) is 13.6 Å². The van der Waals surface area contributed by atoms with Crippen molar-refractivity contribution in [2.45, 2.75) is 31.3 Å². The van der Waals surface area contributed by atoms with Crippen LogP contribution in [0.1, 0.15) is 25.0 Å². The first kappa shape index (κ1) is 21.8. The quantitative estimate of drug-likeness (QED) is 0.550. The summed E-state index contributed by atoms with van der Waals surface area (Å²) in [5.41, 5.74) is 0.717. The first-order chi connectivity index (χ1) is 16.0. The Kier molecular flexibility index (Phi) is 6.23. The Labute approximate surface area is 190 Å². The number of nitrogens with one attached hydrogen (secondary N) is 4. The summed E-state index contributed by atoms with van der Waals surface area (Å²) in [4.78, 5) is 19.7. The van der Waals surface area contributed by atoms with Gasteiger partial charge in [-0.25, -0.2) is 13.6 Å². The van der Waals surface area contributed by atoms with Crippen LogP contribution in [0.25, 0.3) is 0 Å². The van der Waals surface area contributed by atoms with E-state index in [2.05, 4.69) is 31.0 Å². The maximum absolute atomic E-state index is 13.8. The Morgan fingerprint density at radius 1 is 1.18 bits per heavy atom. The summed E-state index contributed by atoms with van der Waals surface area (Å²) < 4.78 is 32.6. The molecule has 5 rings (SSSR count). The van der Waals surface area contributed by atoms with Crippen LogP contribution >= 0.6 is 0 Å². The number of aliphatic imine (C=N–C) groups is 1. The van der Waals surface area contributed by atoms with Crippen LogP contribution in [0.4, 0.5) is 25.0 Å². The monoisotopic (exact) mass is 459 g/mol. The molecule has 33 heavy (non-hydrogen) atoms. The van der Waals surface area contributed by atoms with Gasteiger partial charge in [0.2, 0.25) is 0 Å². The number of aromatic nitrogens is 2. The molecule has 176 valence electrons. The number of amides is 2. The molecule has 2 aromatic rings. The summed E-state index contributed by atoms with van der Waals surface area (Å²) in [6.45, 7) is 4.67. The number of morpholine rings is 1. The second-order valence-corrected chi connectivity index (χ2v) is 8.75. The van der Waals surface area contributed by atoms with Crippen molar-refractivity contribution in [2.75, 3.05) is 43.5 Å². The van der Waals surface area contributed by atoms with Crippen molar-refractivity contribution >= 4 is 23.2 Å². The van der Waals surface area contributed by atoms with E-state index in [0.717, 1.165) is 70.3 Å². The van der Waals surface area contributed by atoms with E-state index in [1.54, 1.807) is 0 Å². The Balaban J connectivity index is 1.20. The lowest BCUT2D eigenvalue weighted by molar-refractivity contribution is 0.0266. The van der Waals surface area contributed by atoms with Crippen LogP contribution in [0.2, 0.25) is 0 Å². The molecule has 2 aliphatic heterocycles. The van der Waals surface area contributed by atoms with Gasteiger partial charge in [-0.1, -0.05) is 0 Å². The number of fused-ring (bicyclic) bond motifs is 1. The number of hydrogen-bond acceptors (Lipinski definition) is 6. The lowest BCUT2D eigenvalue weighted by Crippen LogP contribution is -2.45. The third kappa shape index (κ3) is 4.98. The Morgan fingerprint density at radius 3 is 2.85 bits per heavy atom. The van der Waals surface area contributed by atoms with E-state index in [-0.39, 0.29) is 17.8 Å². The van der Waals surface area contributed by atoms with Gasteiger partial charge >= 0.3 is 6.03 Å². The zero-order valence-corrected chi connectivity index (χ0v) is 18.1. The van der Waals surface area contributed by atoms with Crippen LogP contribution in [0.5, 0.6) is 0 Å². The number of H-pyrrole nitrogens is 1. The fourth-order valence-electron chi connectivity index (χ4n) is 4.81. The molecule has 1 aromatic carbocycles. The lowest BCUT2D eigenvalue weighted by Gasteiger charge is -2.35.